The molecule has 1 rings (SSSR count). The van der Waals surface area contributed by atoms with Crippen LogP contribution in [0.25, 0.3) is 0 Å². The summed E-state index contributed by atoms with van der Waals surface area (Å²) in [5.41, 5.74) is 0. The Morgan fingerprint density at radius 2 is 2.00 bits per heavy atom. The van der Waals surface area contributed by atoms with Crippen LogP contribution in [0.3, 0.4) is 0 Å². The fourth-order valence-corrected chi connectivity index (χ4v) is 1.58. The lowest BCUT2D eigenvalue weighted by Gasteiger charge is -2.17. The van der Waals surface area contributed by atoms with E-state index < -0.39 is 18.2 Å². The zero-order valence-electron chi connectivity index (χ0n) is 8.56. The summed E-state index contributed by atoms with van der Waals surface area (Å²) >= 11 is 0. The van der Waals surface area contributed by atoms with Crippen molar-refractivity contribution in [2.45, 2.75) is 38.0 Å². The molecule has 6 heteroatoms. The summed E-state index contributed by atoms with van der Waals surface area (Å²) < 4.78 is 0. The van der Waals surface area contributed by atoms with Crippen LogP contribution in [0.2, 0.25) is 0 Å². The van der Waals surface area contributed by atoms with Gasteiger partial charge in [0.1, 0.15) is 0 Å². The number of hydrogen-bond donors (Lipinski definition) is 4. The lowest BCUT2D eigenvalue weighted by molar-refractivity contribution is -0.126. The first kappa shape index (κ1) is 11.9. The van der Waals surface area contributed by atoms with E-state index in [-0.39, 0.29) is 18.4 Å². The van der Waals surface area contributed by atoms with Crippen molar-refractivity contribution in [1.29, 1.82) is 0 Å². The Labute approximate surface area is 87.7 Å². The van der Waals surface area contributed by atoms with E-state index in [0.717, 1.165) is 0 Å². The minimum Gasteiger partial charge on any atom is -0.390 e. The van der Waals surface area contributed by atoms with E-state index in [1.807, 2.05) is 0 Å². The van der Waals surface area contributed by atoms with Crippen LogP contribution in [0.4, 0.5) is 0 Å². The van der Waals surface area contributed by atoms with Crippen molar-refractivity contribution in [1.82, 2.24) is 10.6 Å². The molecule has 3 atom stereocenters. The standard InChI is InChI=1S/C9H16N2O4/c1-5(12)10-4-8(14)11-6-2-3-7(13)9(6)15/h6-7,9,13,15H,2-4H2,1H3,(H,10,12)(H,11,14)/t6-,7-,9-/m1/s1. The van der Waals surface area contributed by atoms with E-state index >= 15 is 0 Å². The predicted molar refractivity (Wildman–Crippen MR) is 51.9 cm³/mol. The molecule has 1 aliphatic rings. The van der Waals surface area contributed by atoms with Gasteiger partial charge in [0.15, 0.2) is 0 Å². The molecule has 0 unspecified atom stereocenters. The minimum atomic E-state index is -0.911. The molecule has 1 saturated carbocycles. The van der Waals surface area contributed by atoms with Gasteiger partial charge in [-0.15, -0.1) is 0 Å². The zero-order chi connectivity index (χ0) is 11.4. The quantitative estimate of drug-likeness (QED) is 0.444. The van der Waals surface area contributed by atoms with Crippen LogP contribution in [0, 0.1) is 0 Å². The van der Waals surface area contributed by atoms with Gasteiger partial charge in [-0.25, -0.2) is 0 Å². The largest absolute Gasteiger partial charge is 0.390 e. The molecular weight excluding hydrogens is 200 g/mol. The molecule has 0 aliphatic heterocycles. The first-order valence-electron chi connectivity index (χ1n) is 4.90. The van der Waals surface area contributed by atoms with Crippen molar-refractivity contribution in [3.63, 3.8) is 0 Å². The number of rotatable bonds is 3. The monoisotopic (exact) mass is 216 g/mol. The number of amides is 2. The molecule has 0 aromatic carbocycles. The normalized spacial score (nSPS) is 29.9. The lowest BCUT2D eigenvalue weighted by atomic mass is 10.2. The Morgan fingerprint density at radius 1 is 1.33 bits per heavy atom. The van der Waals surface area contributed by atoms with Gasteiger partial charge in [0.2, 0.25) is 11.8 Å². The number of aliphatic hydroxyl groups is 2. The molecule has 2 amide bonds. The second-order valence-electron chi connectivity index (χ2n) is 3.72. The summed E-state index contributed by atoms with van der Waals surface area (Å²) in [5, 5.41) is 23.6. The molecule has 0 bridgehead atoms. The first-order chi connectivity index (χ1) is 7.00. The number of hydrogen-bond acceptors (Lipinski definition) is 4. The van der Waals surface area contributed by atoms with Crippen LogP contribution in [0.15, 0.2) is 0 Å². The van der Waals surface area contributed by atoms with Crippen molar-refractivity contribution in [3.8, 4) is 0 Å². The SMILES string of the molecule is CC(=O)NCC(=O)N[C@@H]1CC[C@@H](O)[C@@H]1O. The van der Waals surface area contributed by atoms with Gasteiger partial charge in [-0.3, -0.25) is 9.59 Å². The Morgan fingerprint density at radius 3 is 2.47 bits per heavy atom. The van der Waals surface area contributed by atoms with Gasteiger partial charge in [0.25, 0.3) is 0 Å². The van der Waals surface area contributed by atoms with Crippen LogP contribution in [0.1, 0.15) is 19.8 Å². The van der Waals surface area contributed by atoms with Crippen molar-refractivity contribution < 1.29 is 19.8 Å². The molecule has 6 nitrogen and oxygen atoms in total. The molecule has 0 spiro atoms. The second kappa shape index (κ2) is 5.09. The molecule has 1 aliphatic carbocycles. The summed E-state index contributed by atoms with van der Waals surface area (Å²) in [6, 6.07) is -0.416. The van der Waals surface area contributed by atoms with E-state index in [1.165, 1.54) is 6.92 Å². The lowest BCUT2D eigenvalue weighted by Crippen LogP contribution is -2.46. The average molecular weight is 216 g/mol. The van der Waals surface area contributed by atoms with Crippen molar-refractivity contribution >= 4 is 11.8 Å². The first-order valence-corrected chi connectivity index (χ1v) is 4.90. The summed E-state index contributed by atoms with van der Waals surface area (Å²) in [6.45, 7) is 1.22. The zero-order valence-corrected chi connectivity index (χ0v) is 8.56. The van der Waals surface area contributed by atoms with E-state index in [0.29, 0.717) is 12.8 Å². The highest BCUT2D eigenvalue weighted by molar-refractivity contribution is 5.83. The van der Waals surface area contributed by atoms with Gasteiger partial charge in [-0.2, -0.15) is 0 Å². The number of carbonyl (C=O) groups excluding carboxylic acids is 2. The Bertz CT molecular complexity index is 256. The third kappa shape index (κ3) is 3.49. The summed E-state index contributed by atoms with van der Waals surface area (Å²) in [4.78, 5) is 21.8. The summed E-state index contributed by atoms with van der Waals surface area (Å²) in [6.07, 6.45) is -0.650. The van der Waals surface area contributed by atoms with Crippen LogP contribution in [-0.2, 0) is 9.59 Å². The maximum Gasteiger partial charge on any atom is 0.239 e. The number of nitrogens with one attached hydrogen (secondary N) is 2. The van der Waals surface area contributed by atoms with E-state index in [2.05, 4.69) is 10.6 Å². The van der Waals surface area contributed by atoms with Gasteiger partial charge in [-0.05, 0) is 12.8 Å². The maximum absolute atomic E-state index is 11.2. The smallest absolute Gasteiger partial charge is 0.239 e. The van der Waals surface area contributed by atoms with Crippen LogP contribution in [-0.4, -0.2) is 46.8 Å². The van der Waals surface area contributed by atoms with E-state index in [9.17, 15) is 19.8 Å². The van der Waals surface area contributed by atoms with Crippen LogP contribution >= 0.6 is 0 Å². The predicted octanol–water partition coefficient (Wildman–Crippen LogP) is -1.88. The van der Waals surface area contributed by atoms with Crippen LogP contribution < -0.4 is 10.6 Å². The Balaban J connectivity index is 2.29. The molecule has 0 aromatic rings. The van der Waals surface area contributed by atoms with Crippen molar-refractivity contribution in [2.75, 3.05) is 6.54 Å². The van der Waals surface area contributed by atoms with Gasteiger partial charge < -0.3 is 20.8 Å². The molecular formula is C9H16N2O4. The molecule has 0 saturated heterocycles. The maximum atomic E-state index is 11.2. The molecule has 0 radical (unpaired) electrons. The van der Waals surface area contributed by atoms with Crippen molar-refractivity contribution in [2.24, 2.45) is 0 Å². The van der Waals surface area contributed by atoms with E-state index in [4.69, 9.17) is 0 Å². The molecule has 0 heterocycles. The summed E-state index contributed by atoms with van der Waals surface area (Å²) in [7, 11) is 0. The highest BCUT2D eigenvalue weighted by atomic mass is 16.3. The Kier molecular flexibility index (Phi) is 4.05. The van der Waals surface area contributed by atoms with Crippen LogP contribution in [0.5, 0.6) is 0 Å². The third-order valence-corrected chi connectivity index (χ3v) is 2.42. The fraction of sp³-hybridized carbons (Fsp3) is 0.778. The number of aliphatic hydroxyl groups excluding tert-OH is 2. The topological polar surface area (TPSA) is 98.7 Å². The Hall–Kier alpha value is -1.14. The minimum absolute atomic E-state index is 0.103. The average Bonchev–Trinajstić information content (AvgIpc) is 2.47. The molecule has 1 fully saturated rings. The highest BCUT2D eigenvalue weighted by Gasteiger charge is 2.34. The molecule has 86 valence electrons. The molecule has 4 N–H and O–H groups in total. The fourth-order valence-electron chi connectivity index (χ4n) is 1.58. The summed E-state index contributed by atoms with van der Waals surface area (Å²) in [5.74, 6) is -0.638. The van der Waals surface area contributed by atoms with E-state index in [1.54, 1.807) is 0 Å². The van der Waals surface area contributed by atoms with Gasteiger partial charge in [-0.1, -0.05) is 0 Å². The second-order valence-corrected chi connectivity index (χ2v) is 3.72. The third-order valence-electron chi connectivity index (χ3n) is 2.42. The molecule has 0 aromatic heterocycles. The van der Waals surface area contributed by atoms with Gasteiger partial charge >= 0.3 is 0 Å². The van der Waals surface area contributed by atoms with Crippen molar-refractivity contribution in [3.05, 3.63) is 0 Å². The molecule has 15 heavy (non-hydrogen) atoms. The number of carbonyl (C=O) groups is 2. The van der Waals surface area contributed by atoms with Gasteiger partial charge in [0, 0.05) is 6.92 Å². The van der Waals surface area contributed by atoms with Gasteiger partial charge in [0.05, 0.1) is 24.8 Å². The highest BCUT2D eigenvalue weighted by Crippen LogP contribution is 2.19.